The number of hydrogen-bond donors (Lipinski definition) is 3. The molecule has 20 heavy (non-hydrogen) atoms. The number of carbonyl (C=O) groups is 3. The van der Waals surface area contributed by atoms with Crippen molar-refractivity contribution in [3.05, 3.63) is 47.2 Å². The Morgan fingerprint density at radius 1 is 1.05 bits per heavy atom. The van der Waals surface area contributed by atoms with Gasteiger partial charge < -0.3 is 15.5 Å². The van der Waals surface area contributed by atoms with E-state index in [-0.39, 0.29) is 21.8 Å². The molecular formula is C12H8N2O5S. The fourth-order valence-electron chi connectivity index (χ4n) is 1.48. The fourth-order valence-corrected chi connectivity index (χ4v) is 2.11. The number of nitrogens with one attached hydrogen (secondary N) is 1. The zero-order valence-corrected chi connectivity index (χ0v) is 10.7. The van der Waals surface area contributed by atoms with Crippen molar-refractivity contribution in [3.8, 4) is 0 Å². The molecule has 0 spiro atoms. The second kappa shape index (κ2) is 5.49. The number of benzene rings is 1. The number of carboxylic acids is 2. The van der Waals surface area contributed by atoms with Gasteiger partial charge in [0.2, 0.25) is 0 Å². The molecule has 0 aliphatic rings. The van der Waals surface area contributed by atoms with Crippen molar-refractivity contribution in [2.45, 2.75) is 0 Å². The summed E-state index contributed by atoms with van der Waals surface area (Å²) in [7, 11) is 0. The molecule has 7 nitrogen and oxygen atoms in total. The number of carboxylic acid groups (broad SMARTS) is 2. The van der Waals surface area contributed by atoms with E-state index in [1.807, 2.05) is 0 Å². The number of hydrogen-bond acceptors (Lipinski definition) is 5. The molecule has 1 aromatic carbocycles. The molecule has 0 aliphatic heterocycles. The average molecular weight is 292 g/mol. The highest BCUT2D eigenvalue weighted by Crippen LogP contribution is 2.18. The standard InChI is InChI=1S/C12H8N2O5S/c15-10(6-3-1-2-4-7(6)11(16)17)13-9-5-8(12(18)19)14-20-9/h1-5H,(H,13,15)(H,16,17)(H,18,19). The molecule has 8 heteroatoms. The first-order chi connectivity index (χ1) is 9.49. The zero-order valence-electron chi connectivity index (χ0n) is 9.86. The summed E-state index contributed by atoms with van der Waals surface area (Å²) in [6.07, 6.45) is 0. The van der Waals surface area contributed by atoms with Gasteiger partial charge in [0, 0.05) is 6.07 Å². The molecule has 1 amide bonds. The number of rotatable bonds is 4. The number of carbonyl (C=O) groups excluding carboxylic acids is 1. The lowest BCUT2D eigenvalue weighted by Crippen LogP contribution is -2.15. The lowest BCUT2D eigenvalue weighted by atomic mass is 10.1. The molecule has 0 saturated heterocycles. The predicted octanol–water partition coefficient (Wildman–Crippen LogP) is 1.79. The SMILES string of the molecule is O=C(O)c1cc(NC(=O)c2ccccc2C(=O)O)sn1. The van der Waals surface area contributed by atoms with Gasteiger partial charge in [-0.25, -0.2) is 9.59 Å². The van der Waals surface area contributed by atoms with E-state index in [4.69, 9.17) is 10.2 Å². The topological polar surface area (TPSA) is 117 Å². The number of anilines is 1. The number of nitrogens with zero attached hydrogens (tertiary/aromatic N) is 1. The van der Waals surface area contributed by atoms with Gasteiger partial charge in [0.05, 0.1) is 11.1 Å². The Kier molecular flexibility index (Phi) is 3.76. The summed E-state index contributed by atoms with van der Waals surface area (Å²) in [5.41, 5.74) is -0.324. The Balaban J connectivity index is 2.24. The van der Waals surface area contributed by atoms with E-state index >= 15 is 0 Å². The van der Waals surface area contributed by atoms with E-state index in [2.05, 4.69) is 9.69 Å². The normalized spacial score (nSPS) is 10.0. The zero-order chi connectivity index (χ0) is 14.7. The molecule has 1 heterocycles. The molecule has 0 radical (unpaired) electrons. The van der Waals surface area contributed by atoms with Gasteiger partial charge in [0.15, 0.2) is 5.69 Å². The number of aromatic nitrogens is 1. The van der Waals surface area contributed by atoms with E-state index in [0.717, 1.165) is 11.5 Å². The van der Waals surface area contributed by atoms with Crippen LogP contribution in [0.4, 0.5) is 5.00 Å². The van der Waals surface area contributed by atoms with Crippen molar-refractivity contribution in [2.75, 3.05) is 5.32 Å². The Hall–Kier alpha value is -2.74. The van der Waals surface area contributed by atoms with Crippen LogP contribution in [0.3, 0.4) is 0 Å². The van der Waals surface area contributed by atoms with Gasteiger partial charge in [-0.05, 0) is 23.7 Å². The Labute approximate surface area is 116 Å². The average Bonchev–Trinajstić information content (AvgIpc) is 2.87. The summed E-state index contributed by atoms with van der Waals surface area (Å²) in [6.45, 7) is 0. The summed E-state index contributed by atoms with van der Waals surface area (Å²) in [5.74, 6) is -3.05. The summed E-state index contributed by atoms with van der Waals surface area (Å²) < 4.78 is 3.63. The highest BCUT2D eigenvalue weighted by Gasteiger charge is 2.17. The molecule has 2 aromatic rings. The molecule has 0 aliphatic carbocycles. The lowest BCUT2D eigenvalue weighted by Gasteiger charge is -2.05. The van der Waals surface area contributed by atoms with Gasteiger partial charge in [-0.1, -0.05) is 12.1 Å². The molecule has 102 valence electrons. The second-order valence-electron chi connectivity index (χ2n) is 3.69. The van der Waals surface area contributed by atoms with Crippen LogP contribution in [0, 0.1) is 0 Å². The van der Waals surface area contributed by atoms with Crippen molar-refractivity contribution < 1.29 is 24.6 Å². The third-order valence-corrected chi connectivity index (χ3v) is 3.07. The summed E-state index contributed by atoms with van der Waals surface area (Å²) in [6, 6.07) is 6.94. The van der Waals surface area contributed by atoms with Crippen LogP contribution >= 0.6 is 11.5 Å². The van der Waals surface area contributed by atoms with Crippen LogP contribution in [-0.4, -0.2) is 32.4 Å². The Bertz CT molecular complexity index is 695. The van der Waals surface area contributed by atoms with E-state index < -0.39 is 17.8 Å². The maximum absolute atomic E-state index is 12.0. The first-order valence-electron chi connectivity index (χ1n) is 5.32. The monoisotopic (exact) mass is 292 g/mol. The molecule has 0 unspecified atom stereocenters. The molecule has 0 bridgehead atoms. The van der Waals surface area contributed by atoms with Crippen LogP contribution in [0.25, 0.3) is 0 Å². The first kappa shape index (κ1) is 13.7. The van der Waals surface area contributed by atoms with E-state index in [9.17, 15) is 14.4 Å². The smallest absolute Gasteiger partial charge is 0.355 e. The number of aromatic carboxylic acids is 2. The minimum Gasteiger partial charge on any atom is -0.478 e. The molecule has 0 atom stereocenters. The van der Waals surface area contributed by atoms with Crippen molar-refractivity contribution in [1.82, 2.24) is 4.37 Å². The third-order valence-electron chi connectivity index (χ3n) is 2.37. The first-order valence-corrected chi connectivity index (χ1v) is 6.10. The number of amides is 1. The highest BCUT2D eigenvalue weighted by molar-refractivity contribution is 7.10. The summed E-state index contributed by atoms with van der Waals surface area (Å²) in [4.78, 5) is 33.6. The van der Waals surface area contributed by atoms with Gasteiger partial charge >= 0.3 is 11.9 Å². The van der Waals surface area contributed by atoms with E-state index in [0.29, 0.717) is 0 Å². The van der Waals surface area contributed by atoms with Gasteiger partial charge in [0.1, 0.15) is 5.00 Å². The van der Waals surface area contributed by atoms with Gasteiger partial charge in [0.25, 0.3) is 5.91 Å². The predicted molar refractivity (Wildman–Crippen MR) is 70.4 cm³/mol. The lowest BCUT2D eigenvalue weighted by molar-refractivity contribution is 0.0682. The molecule has 1 aromatic heterocycles. The van der Waals surface area contributed by atoms with Crippen LogP contribution in [0.15, 0.2) is 30.3 Å². The summed E-state index contributed by atoms with van der Waals surface area (Å²) >= 11 is 0.805. The van der Waals surface area contributed by atoms with Gasteiger partial charge in [-0.2, -0.15) is 4.37 Å². The van der Waals surface area contributed by atoms with Crippen LogP contribution in [0.1, 0.15) is 31.2 Å². The van der Waals surface area contributed by atoms with Crippen LogP contribution in [0.2, 0.25) is 0 Å². The highest BCUT2D eigenvalue weighted by atomic mass is 32.1. The molecule has 2 rings (SSSR count). The minimum atomic E-state index is -1.22. The quantitative estimate of drug-likeness (QED) is 0.791. The van der Waals surface area contributed by atoms with Crippen molar-refractivity contribution >= 4 is 34.4 Å². The van der Waals surface area contributed by atoms with Crippen LogP contribution < -0.4 is 5.32 Å². The van der Waals surface area contributed by atoms with Crippen molar-refractivity contribution in [3.63, 3.8) is 0 Å². The second-order valence-corrected chi connectivity index (χ2v) is 4.49. The molecule has 0 saturated carbocycles. The van der Waals surface area contributed by atoms with Gasteiger partial charge in [-0.3, -0.25) is 4.79 Å². The van der Waals surface area contributed by atoms with Crippen molar-refractivity contribution in [2.24, 2.45) is 0 Å². The van der Waals surface area contributed by atoms with Crippen LogP contribution in [0.5, 0.6) is 0 Å². The maximum atomic E-state index is 12.0. The molecular weight excluding hydrogens is 284 g/mol. The van der Waals surface area contributed by atoms with Gasteiger partial charge in [-0.15, -0.1) is 0 Å². The maximum Gasteiger partial charge on any atom is 0.355 e. The summed E-state index contributed by atoms with van der Waals surface area (Å²) in [5, 5.41) is 20.4. The Morgan fingerprint density at radius 2 is 1.70 bits per heavy atom. The minimum absolute atomic E-state index is 0.00900. The Morgan fingerprint density at radius 3 is 2.25 bits per heavy atom. The van der Waals surface area contributed by atoms with Crippen LogP contribution in [-0.2, 0) is 0 Å². The third kappa shape index (κ3) is 2.81. The fraction of sp³-hybridized carbons (Fsp3) is 0. The largest absolute Gasteiger partial charge is 0.478 e. The molecule has 0 fully saturated rings. The molecule has 3 N–H and O–H groups in total. The van der Waals surface area contributed by atoms with E-state index in [1.165, 1.54) is 30.3 Å². The van der Waals surface area contributed by atoms with E-state index in [1.54, 1.807) is 0 Å². The van der Waals surface area contributed by atoms with Crippen molar-refractivity contribution in [1.29, 1.82) is 0 Å².